The van der Waals surface area contributed by atoms with Gasteiger partial charge in [0.15, 0.2) is 6.10 Å². The number of carbonyl (C=O) groups excluding carboxylic acids is 3. The molecular weight excluding hydrogens is 757 g/mol. The zero-order valence-electron chi connectivity index (χ0n) is 41.6. The van der Waals surface area contributed by atoms with Crippen LogP contribution >= 0.6 is 0 Å². The van der Waals surface area contributed by atoms with Crippen molar-refractivity contribution in [2.75, 3.05) is 13.2 Å². The SMILES string of the molecule is CCCCCCCCCCCCCCCCCCCC(=O)OC[C@H](COC(=O)CCCCCCCCCCCCCC(C)C)OC(=O)CCCCCCCCCCCCCC. The van der Waals surface area contributed by atoms with Gasteiger partial charge in [-0.3, -0.25) is 14.4 Å². The molecule has 0 rings (SSSR count). The van der Waals surface area contributed by atoms with Crippen LogP contribution in [0.2, 0.25) is 0 Å². The summed E-state index contributed by atoms with van der Waals surface area (Å²) in [6, 6.07) is 0. The number of rotatable bonds is 50. The molecule has 0 aliphatic heterocycles. The largest absolute Gasteiger partial charge is 0.462 e. The Hall–Kier alpha value is -1.59. The molecule has 6 nitrogen and oxygen atoms in total. The summed E-state index contributed by atoms with van der Waals surface area (Å²) in [5.74, 6) is -0.0135. The van der Waals surface area contributed by atoms with Gasteiger partial charge in [-0.05, 0) is 25.2 Å². The Morgan fingerprint density at radius 3 is 0.803 bits per heavy atom. The summed E-state index contributed by atoms with van der Waals surface area (Å²) in [4.78, 5) is 38.0. The molecule has 0 unspecified atom stereocenters. The van der Waals surface area contributed by atoms with E-state index in [1.165, 1.54) is 205 Å². The summed E-state index contributed by atoms with van der Waals surface area (Å²) in [5.41, 5.74) is 0. The molecule has 362 valence electrons. The van der Waals surface area contributed by atoms with Crippen molar-refractivity contribution < 1.29 is 28.6 Å². The van der Waals surface area contributed by atoms with Gasteiger partial charge in [0.25, 0.3) is 0 Å². The molecule has 0 aromatic heterocycles. The Morgan fingerprint density at radius 1 is 0.311 bits per heavy atom. The fourth-order valence-electron chi connectivity index (χ4n) is 8.39. The van der Waals surface area contributed by atoms with Gasteiger partial charge < -0.3 is 14.2 Å². The molecule has 61 heavy (non-hydrogen) atoms. The number of hydrogen-bond acceptors (Lipinski definition) is 6. The summed E-state index contributed by atoms with van der Waals surface area (Å²) < 4.78 is 16.8. The van der Waals surface area contributed by atoms with Crippen LogP contribution in [0, 0.1) is 5.92 Å². The van der Waals surface area contributed by atoms with Gasteiger partial charge in [0.1, 0.15) is 13.2 Å². The second-order valence-electron chi connectivity index (χ2n) is 19.3. The predicted octanol–water partition coefficient (Wildman–Crippen LogP) is 17.8. The molecule has 0 amide bonds. The van der Waals surface area contributed by atoms with E-state index < -0.39 is 6.10 Å². The second-order valence-corrected chi connectivity index (χ2v) is 19.3. The summed E-state index contributed by atoms with van der Waals surface area (Å²) >= 11 is 0. The maximum absolute atomic E-state index is 12.8. The number of ether oxygens (including phenoxy) is 3. The van der Waals surface area contributed by atoms with Crippen LogP contribution in [-0.4, -0.2) is 37.2 Å². The minimum atomic E-state index is -0.761. The lowest BCUT2D eigenvalue weighted by atomic mass is 10.0. The van der Waals surface area contributed by atoms with E-state index in [1.807, 2.05) is 0 Å². The summed E-state index contributed by atoms with van der Waals surface area (Å²) in [7, 11) is 0. The average Bonchev–Trinajstić information content (AvgIpc) is 3.24. The summed E-state index contributed by atoms with van der Waals surface area (Å²) in [6.07, 6.45) is 52.3. The smallest absolute Gasteiger partial charge is 0.306 e. The third kappa shape index (κ3) is 49.3. The molecule has 0 saturated carbocycles. The number of unbranched alkanes of at least 4 members (excludes halogenated alkanes) is 37. The van der Waals surface area contributed by atoms with Gasteiger partial charge in [-0.25, -0.2) is 0 Å². The first-order valence-corrected chi connectivity index (χ1v) is 27.4. The van der Waals surface area contributed by atoms with E-state index in [9.17, 15) is 14.4 Å². The molecule has 0 saturated heterocycles. The number of hydrogen-bond donors (Lipinski definition) is 0. The van der Waals surface area contributed by atoms with Gasteiger partial charge in [-0.1, -0.05) is 272 Å². The van der Waals surface area contributed by atoms with Gasteiger partial charge in [-0.15, -0.1) is 0 Å². The first kappa shape index (κ1) is 59.4. The Bertz CT molecular complexity index is 918. The van der Waals surface area contributed by atoms with Crippen LogP contribution in [0.5, 0.6) is 0 Å². The summed E-state index contributed by atoms with van der Waals surface area (Å²) in [6.45, 7) is 9.03. The molecule has 0 aromatic carbocycles. The molecule has 0 fully saturated rings. The minimum absolute atomic E-state index is 0.0623. The van der Waals surface area contributed by atoms with E-state index in [2.05, 4.69) is 27.7 Å². The predicted molar refractivity (Wildman–Crippen MR) is 261 cm³/mol. The molecule has 1 atom stereocenters. The number of carbonyl (C=O) groups is 3. The minimum Gasteiger partial charge on any atom is -0.462 e. The Morgan fingerprint density at radius 2 is 0.541 bits per heavy atom. The van der Waals surface area contributed by atoms with Crippen LogP contribution in [0.25, 0.3) is 0 Å². The van der Waals surface area contributed by atoms with Crippen LogP contribution in [0.3, 0.4) is 0 Å². The fourth-order valence-corrected chi connectivity index (χ4v) is 8.39. The van der Waals surface area contributed by atoms with Crippen LogP contribution in [-0.2, 0) is 28.6 Å². The van der Waals surface area contributed by atoms with Gasteiger partial charge in [0.2, 0.25) is 0 Å². The zero-order valence-corrected chi connectivity index (χ0v) is 41.6. The lowest BCUT2D eigenvalue weighted by molar-refractivity contribution is -0.167. The van der Waals surface area contributed by atoms with Crippen LogP contribution in [0.15, 0.2) is 0 Å². The van der Waals surface area contributed by atoms with E-state index in [0.29, 0.717) is 19.3 Å². The Labute approximate surface area is 380 Å². The van der Waals surface area contributed by atoms with Gasteiger partial charge >= 0.3 is 17.9 Å². The van der Waals surface area contributed by atoms with E-state index >= 15 is 0 Å². The maximum Gasteiger partial charge on any atom is 0.306 e. The normalized spacial score (nSPS) is 12.0. The molecule has 0 aliphatic carbocycles. The first-order valence-electron chi connectivity index (χ1n) is 27.4. The number of esters is 3. The molecule has 0 radical (unpaired) electrons. The lowest BCUT2D eigenvalue weighted by Gasteiger charge is -2.18. The highest BCUT2D eigenvalue weighted by atomic mass is 16.6. The first-order chi connectivity index (χ1) is 29.9. The van der Waals surface area contributed by atoms with Crippen molar-refractivity contribution >= 4 is 17.9 Å². The average molecular weight is 863 g/mol. The van der Waals surface area contributed by atoms with Gasteiger partial charge in [-0.2, -0.15) is 0 Å². The highest BCUT2D eigenvalue weighted by Gasteiger charge is 2.19. The van der Waals surface area contributed by atoms with Gasteiger partial charge in [0.05, 0.1) is 0 Å². The van der Waals surface area contributed by atoms with E-state index in [-0.39, 0.29) is 31.1 Å². The molecule has 0 spiro atoms. The van der Waals surface area contributed by atoms with Crippen molar-refractivity contribution in [2.45, 2.75) is 316 Å². The summed E-state index contributed by atoms with van der Waals surface area (Å²) in [5, 5.41) is 0. The van der Waals surface area contributed by atoms with Crippen molar-refractivity contribution in [1.82, 2.24) is 0 Å². The molecule has 0 heterocycles. The van der Waals surface area contributed by atoms with Crippen molar-refractivity contribution in [3.05, 3.63) is 0 Å². The van der Waals surface area contributed by atoms with Crippen molar-refractivity contribution in [2.24, 2.45) is 5.92 Å². The molecule has 6 heteroatoms. The van der Waals surface area contributed by atoms with Crippen LogP contribution < -0.4 is 0 Å². The van der Waals surface area contributed by atoms with E-state index in [4.69, 9.17) is 14.2 Å². The molecule has 0 aliphatic rings. The Kier molecular flexibility index (Phi) is 48.1. The Balaban J connectivity index is 4.28. The maximum atomic E-state index is 12.8. The van der Waals surface area contributed by atoms with Crippen molar-refractivity contribution in [1.29, 1.82) is 0 Å². The topological polar surface area (TPSA) is 78.9 Å². The quantitative estimate of drug-likeness (QED) is 0.0344. The molecule has 0 aromatic rings. The van der Waals surface area contributed by atoms with Crippen LogP contribution in [0.1, 0.15) is 310 Å². The highest BCUT2D eigenvalue weighted by molar-refractivity contribution is 5.71. The second kappa shape index (κ2) is 49.4. The fraction of sp³-hybridized carbons (Fsp3) is 0.945. The lowest BCUT2D eigenvalue weighted by Crippen LogP contribution is -2.30. The van der Waals surface area contributed by atoms with Crippen molar-refractivity contribution in [3.8, 4) is 0 Å². The molecule has 0 N–H and O–H groups in total. The third-order valence-electron chi connectivity index (χ3n) is 12.5. The van der Waals surface area contributed by atoms with E-state index in [1.54, 1.807) is 0 Å². The highest BCUT2D eigenvalue weighted by Crippen LogP contribution is 2.17. The zero-order chi connectivity index (χ0) is 44.5. The van der Waals surface area contributed by atoms with Crippen LogP contribution in [0.4, 0.5) is 0 Å². The molecular formula is C55H106O6. The monoisotopic (exact) mass is 863 g/mol. The molecule has 0 bridgehead atoms. The standard InChI is InChI=1S/C55H106O6/c1-5-7-9-11-13-15-17-19-20-21-22-23-27-30-34-38-42-46-53(56)59-49-52(61-55(58)48-44-40-36-32-26-18-16-14-12-10-8-6-2)50-60-54(57)47-43-39-35-31-28-24-25-29-33-37-41-45-51(3)4/h51-52H,5-50H2,1-4H3/t52-/m1/s1. The van der Waals surface area contributed by atoms with E-state index in [0.717, 1.165) is 63.7 Å². The van der Waals surface area contributed by atoms with Gasteiger partial charge in [0, 0.05) is 19.3 Å². The van der Waals surface area contributed by atoms with Crippen molar-refractivity contribution in [3.63, 3.8) is 0 Å². The third-order valence-corrected chi connectivity index (χ3v) is 12.5.